The van der Waals surface area contributed by atoms with Crippen LogP contribution in [0.4, 0.5) is 10.1 Å². The van der Waals surface area contributed by atoms with E-state index >= 15 is 0 Å². The summed E-state index contributed by atoms with van der Waals surface area (Å²) in [5.41, 5.74) is 2.99. The van der Waals surface area contributed by atoms with Crippen LogP contribution in [0, 0.1) is 12.7 Å². The van der Waals surface area contributed by atoms with Gasteiger partial charge in [0.1, 0.15) is 21.5 Å². The normalized spacial score (nSPS) is 10.7. The van der Waals surface area contributed by atoms with E-state index in [2.05, 4.69) is 20.5 Å². The van der Waals surface area contributed by atoms with Crippen molar-refractivity contribution < 1.29 is 18.7 Å². The number of anilines is 1. The van der Waals surface area contributed by atoms with Crippen molar-refractivity contribution in [2.45, 2.75) is 11.9 Å². The number of rotatable bonds is 8. The van der Waals surface area contributed by atoms with E-state index < -0.39 is 0 Å². The number of benzene rings is 2. The van der Waals surface area contributed by atoms with Crippen LogP contribution < -0.4 is 14.8 Å². The molecule has 0 saturated carbocycles. The zero-order valence-electron chi connectivity index (χ0n) is 18.7. The molecular weight excluding hydrogens is 475 g/mol. The first-order valence-electron chi connectivity index (χ1n) is 10.2. The number of hydrogen-bond acceptors (Lipinski definition) is 8. The molecule has 4 rings (SSSR count). The Morgan fingerprint density at radius 2 is 1.79 bits per heavy atom. The van der Waals surface area contributed by atoms with Gasteiger partial charge >= 0.3 is 0 Å². The van der Waals surface area contributed by atoms with E-state index in [1.807, 2.05) is 19.1 Å². The number of nitrogens with one attached hydrogen (secondary N) is 1. The summed E-state index contributed by atoms with van der Waals surface area (Å²) in [4.78, 5) is 17.8. The SMILES string of the molecule is COc1ccc(NC(=O)CSc2ccc(-c3sc(-c4ccc(F)cc4)nc3C)nn2)cc1OC. The molecule has 34 heavy (non-hydrogen) atoms. The lowest BCUT2D eigenvalue weighted by atomic mass is 10.2. The number of halogens is 1. The number of ether oxygens (including phenoxy) is 2. The average Bonchev–Trinajstić information content (AvgIpc) is 3.24. The molecule has 7 nitrogen and oxygen atoms in total. The van der Waals surface area contributed by atoms with Gasteiger partial charge in [-0.05, 0) is 55.5 Å². The minimum absolute atomic E-state index is 0.176. The highest BCUT2D eigenvalue weighted by molar-refractivity contribution is 7.99. The van der Waals surface area contributed by atoms with Crippen molar-refractivity contribution in [2.24, 2.45) is 0 Å². The van der Waals surface area contributed by atoms with Gasteiger partial charge in [-0.25, -0.2) is 9.37 Å². The Hall–Kier alpha value is -3.50. The Bertz CT molecular complexity index is 1290. The minimum Gasteiger partial charge on any atom is -0.493 e. The number of hydrogen-bond donors (Lipinski definition) is 1. The molecule has 2 heterocycles. The molecule has 0 aliphatic heterocycles. The summed E-state index contributed by atoms with van der Waals surface area (Å²) >= 11 is 2.76. The van der Waals surface area contributed by atoms with Gasteiger partial charge in [0.15, 0.2) is 11.5 Å². The molecule has 1 amide bonds. The van der Waals surface area contributed by atoms with Crippen molar-refractivity contribution in [3.8, 4) is 32.6 Å². The van der Waals surface area contributed by atoms with Crippen molar-refractivity contribution in [3.63, 3.8) is 0 Å². The first-order chi connectivity index (χ1) is 16.5. The van der Waals surface area contributed by atoms with Gasteiger partial charge in [0.25, 0.3) is 0 Å². The minimum atomic E-state index is -0.284. The Labute approximate surface area is 204 Å². The lowest BCUT2D eigenvalue weighted by Gasteiger charge is -2.10. The summed E-state index contributed by atoms with van der Waals surface area (Å²) in [7, 11) is 3.10. The molecular formula is C24H21FN4O3S2. The number of carbonyl (C=O) groups excluding carboxylic acids is 1. The summed E-state index contributed by atoms with van der Waals surface area (Å²) in [6, 6.07) is 15.1. The van der Waals surface area contributed by atoms with Crippen LogP contribution in [0.3, 0.4) is 0 Å². The highest BCUT2D eigenvalue weighted by atomic mass is 32.2. The van der Waals surface area contributed by atoms with E-state index in [1.54, 1.807) is 44.6 Å². The predicted octanol–water partition coefficient (Wildman–Crippen LogP) is 5.46. The maximum absolute atomic E-state index is 13.2. The smallest absolute Gasteiger partial charge is 0.234 e. The van der Waals surface area contributed by atoms with Crippen LogP contribution in [0.2, 0.25) is 0 Å². The number of amides is 1. The maximum atomic E-state index is 13.2. The standard InChI is InChI=1S/C24H21FN4O3S2/c1-14-23(34-24(26-14)15-4-6-16(25)7-5-15)18-9-11-22(29-28-18)33-13-21(30)27-17-8-10-19(31-2)20(12-17)32-3/h4-12H,13H2,1-3H3,(H,27,30). The van der Waals surface area contributed by atoms with Gasteiger partial charge in [-0.3, -0.25) is 4.79 Å². The molecule has 0 unspecified atom stereocenters. The molecule has 0 saturated heterocycles. The van der Waals surface area contributed by atoms with Crippen molar-refractivity contribution in [1.82, 2.24) is 15.2 Å². The molecule has 2 aromatic heterocycles. The summed E-state index contributed by atoms with van der Waals surface area (Å²) in [6.07, 6.45) is 0. The summed E-state index contributed by atoms with van der Waals surface area (Å²) in [5, 5.41) is 12.8. The van der Waals surface area contributed by atoms with Crippen LogP contribution in [0.15, 0.2) is 59.6 Å². The second-order valence-electron chi connectivity index (χ2n) is 7.10. The Kier molecular flexibility index (Phi) is 7.39. The quantitative estimate of drug-likeness (QED) is 0.324. The number of nitrogens with zero attached hydrogens (tertiary/aromatic N) is 3. The fraction of sp³-hybridized carbons (Fsp3) is 0.167. The summed E-state index contributed by atoms with van der Waals surface area (Å²) in [6.45, 7) is 1.90. The molecule has 0 radical (unpaired) electrons. The van der Waals surface area contributed by atoms with Gasteiger partial charge in [0, 0.05) is 17.3 Å². The van der Waals surface area contributed by atoms with Crippen LogP contribution >= 0.6 is 23.1 Å². The lowest BCUT2D eigenvalue weighted by molar-refractivity contribution is -0.113. The highest BCUT2D eigenvalue weighted by Crippen LogP contribution is 2.34. The third-order valence-electron chi connectivity index (χ3n) is 4.78. The van der Waals surface area contributed by atoms with Crippen LogP contribution in [-0.2, 0) is 4.79 Å². The zero-order valence-corrected chi connectivity index (χ0v) is 20.3. The summed E-state index contributed by atoms with van der Waals surface area (Å²) < 4.78 is 23.7. The van der Waals surface area contributed by atoms with Crippen LogP contribution in [-0.4, -0.2) is 41.1 Å². The molecule has 174 valence electrons. The van der Waals surface area contributed by atoms with Crippen molar-refractivity contribution >= 4 is 34.7 Å². The number of methoxy groups -OCH3 is 2. The molecule has 0 atom stereocenters. The van der Waals surface area contributed by atoms with Crippen molar-refractivity contribution in [1.29, 1.82) is 0 Å². The Balaban J connectivity index is 1.38. The third-order valence-corrected chi connectivity index (χ3v) is 6.93. The highest BCUT2D eigenvalue weighted by Gasteiger charge is 2.14. The van der Waals surface area contributed by atoms with Gasteiger partial charge in [-0.15, -0.1) is 21.5 Å². The molecule has 2 aromatic carbocycles. The molecule has 1 N–H and O–H groups in total. The zero-order chi connectivity index (χ0) is 24.1. The van der Waals surface area contributed by atoms with E-state index in [-0.39, 0.29) is 17.5 Å². The average molecular weight is 497 g/mol. The second kappa shape index (κ2) is 10.6. The van der Waals surface area contributed by atoms with E-state index in [0.717, 1.165) is 21.1 Å². The number of thiazole rings is 1. The van der Waals surface area contributed by atoms with E-state index in [1.165, 1.54) is 35.2 Å². The number of aromatic nitrogens is 3. The van der Waals surface area contributed by atoms with Crippen molar-refractivity contribution in [3.05, 3.63) is 66.1 Å². The van der Waals surface area contributed by atoms with Gasteiger partial charge in [-0.1, -0.05) is 11.8 Å². The maximum Gasteiger partial charge on any atom is 0.234 e. The monoisotopic (exact) mass is 496 g/mol. The first kappa shape index (κ1) is 23.7. The first-order valence-corrected chi connectivity index (χ1v) is 12.0. The Morgan fingerprint density at radius 1 is 1.03 bits per heavy atom. The molecule has 0 spiro atoms. The van der Waals surface area contributed by atoms with Gasteiger partial charge in [-0.2, -0.15) is 0 Å². The van der Waals surface area contributed by atoms with Crippen LogP contribution in [0.5, 0.6) is 11.5 Å². The number of carbonyl (C=O) groups is 1. The predicted molar refractivity (Wildman–Crippen MR) is 132 cm³/mol. The lowest BCUT2D eigenvalue weighted by Crippen LogP contribution is -2.14. The fourth-order valence-electron chi connectivity index (χ4n) is 3.12. The third kappa shape index (κ3) is 5.52. The van der Waals surface area contributed by atoms with E-state index in [9.17, 15) is 9.18 Å². The van der Waals surface area contributed by atoms with Crippen LogP contribution in [0.1, 0.15) is 5.69 Å². The largest absolute Gasteiger partial charge is 0.493 e. The molecule has 4 aromatic rings. The topological polar surface area (TPSA) is 86.2 Å². The fourth-order valence-corrected chi connectivity index (χ4v) is 4.77. The number of thioether (sulfide) groups is 1. The van der Waals surface area contributed by atoms with Gasteiger partial charge in [0.2, 0.25) is 5.91 Å². The molecule has 10 heteroatoms. The van der Waals surface area contributed by atoms with Gasteiger partial charge < -0.3 is 14.8 Å². The molecule has 0 aliphatic rings. The second-order valence-corrected chi connectivity index (χ2v) is 9.10. The van der Waals surface area contributed by atoms with Gasteiger partial charge in [0.05, 0.1) is 30.5 Å². The van der Waals surface area contributed by atoms with E-state index in [4.69, 9.17) is 9.47 Å². The van der Waals surface area contributed by atoms with E-state index in [0.29, 0.717) is 27.9 Å². The molecule has 0 aliphatic carbocycles. The summed E-state index contributed by atoms with van der Waals surface area (Å²) in [5.74, 6) is 0.844. The Morgan fingerprint density at radius 3 is 2.47 bits per heavy atom. The molecule has 0 bridgehead atoms. The van der Waals surface area contributed by atoms with Crippen molar-refractivity contribution in [2.75, 3.05) is 25.3 Å². The molecule has 0 fully saturated rings. The number of aryl methyl sites for hydroxylation is 1. The van der Waals surface area contributed by atoms with Crippen LogP contribution in [0.25, 0.3) is 21.1 Å².